The van der Waals surface area contributed by atoms with E-state index in [1.807, 2.05) is 16.8 Å². The van der Waals surface area contributed by atoms with Crippen LogP contribution in [0, 0.1) is 0 Å². The number of hydrogen-bond acceptors (Lipinski definition) is 3. The molecule has 1 aromatic rings. The number of nitrogens with one attached hydrogen (secondary N) is 1. The third-order valence-electron chi connectivity index (χ3n) is 2.31. The van der Waals surface area contributed by atoms with Crippen LogP contribution >= 0.6 is 23.7 Å². The number of rotatable bonds is 6. The van der Waals surface area contributed by atoms with Crippen molar-refractivity contribution in [1.29, 1.82) is 0 Å². The Morgan fingerprint density at radius 2 is 2.38 bits per heavy atom. The minimum atomic E-state index is -0.0113. The smallest absolute Gasteiger partial charge is 0.252 e. The van der Waals surface area contributed by atoms with Gasteiger partial charge in [0, 0.05) is 23.5 Å². The van der Waals surface area contributed by atoms with Gasteiger partial charge in [-0.3, -0.25) is 4.79 Å². The number of carbonyl (C=O) groups is 1. The van der Waals surface area contributed by atoms with Gasteiger partial charge in [0.05, 0.1) is 0 Å². The summed E-state index contributed by atoms with van der Waals surface area (Å²) in [4.78, 5) is 11.7. The lowest BCUT2D eigenvalue weighted by molar-refractivity contribution is 0.0936. The van der Waals surface area contributed by atoms with Gasteiger partial charge in [-0.25, -0.2) is 0 Å². The van der Waals surface area contributed by atoms with Crippen molar-refractivity contribution in [3.05, 3.63) is 22.4 Å². The number of thiophene rings is 1. The van der Waals surface area contributed by atoms with Gasteiger partial charge in [0.15, 0.2) is 0 Å². The molecule has 1 rings (SSSR count). The highest BCUT2D eigenvalue weighted by molar-refractivity contribution is 7.08. The first-order valence-electron chi connectivity index (χ1n) is 5.31. The summed E-state index contributed by atoms with van der Waals surface area (Å²) in [5.74, 6) is -0.0113. The van der Waals surface area contributed by atoms with Crippen molar-refractivity contribution in [3.63, 3.8) is 0 Å². The molecule has 0 aliphatic carbocycles. The van der Waals surface area contributed by atoms with Crippen molar-refractivity contribution in [2.24, 2.45) is 5.73 Å². The highest BCUT2D eigenvalue weighted by Crippen LogP contribution is 2.07. The first kappa shape index (κ1) is 15.4. The summed E-state index contributed by atoms with van der Waals surface area (Å²) in [5.41, 5.74) is 6.33. The van der Waals surface area contributed by atoms with Gasteiger partial charge in [0.25, 0.3) is 5.91 Å². The van der Waals surface area contributed by atoms with Crippen LogP contribution in [0.2, 0.25) is 0 Å². The van der Waals surface area contributed by atoms with E-state index in [9.17, 15) is 4.79 Å². The lowest BCUT2D eigenvalue weighted by Gasteiger charge is -2.15. The van der Waals surface area contributed by atoms with Gasteiger partial charge in [-0.05, 0) is 17.9 Å². The average Bonchev–Trinajstić information content (AvgIpc) is 2.77. The van der Waals surface area contributed by atoms with Crippen LogP contribution in [0.3, 0.4) is 0 Å². The van der Waals surface area contributed by atoms with Crippen LogP contribution in [0.25, 0.3) is 0 Å². The normalized spacial score (nSPS) is 11.6. The van der Waals surface area contributed by atoms with Crippen molar-refractivity contribution in [2.75, 3.05) is 6.54 Å². The molecule has 16 heavy (non-hydrogen) atoms. The van der Waals surface area contributed by atoms with Crippen molar-refractivity contribution in [3.8, 4) is 0 Å². The van der Waals surface area contributed by atoms with Crippen LogP contribution in [-0.2, 0) is 0 Å². The maximum Gasteiger partial charge on any atom is 0.252 e. The van der Waals surface area contributed by atoms with Crippen molar-refractivity contribution >= 4 is 29.7 Å². The quantitative estimate of drug-likeness (QED) is 0.827. The second kappa shape index (κ2) is 8.56. The Kier molecular flexibility index (Phi) is 8.25. The van der Waals surface area contributed by atoms with Gasteiger partial charge in [0.1, 0.15) is 0 Å². The second-order valence-electron chi connectivity index (χ2n) is 3.56. The maximum absolute atomic E-state index is 11.7. The van der Waals surface area contributed by atoms with E-state index < -0.39 is 0 Å². The molecule has 5 heteroatoms. The largest absolute Gasteiger partial charge is 0.348 e. The summed E-state index contributed by atoms with van der Waals surface area (Å²) >= 11 is 1.53. The molecule has 0 fully saturated rings. The monoisotopic (exact) mass is 262 g/mol. The molecule has 3 N–H and O–H groups in total. The molecule has 0 spiro atoms. The average molecular weight is 263 g/mol. The molecule has 0 aliphatic heterocycles. The number of unbranched alkanes of at least 4 members (excludes halogenated alkanes) is 1. The van der Waals surface area contributed by atoms with Crippen LogP contribution in [0.1, 0.15) is 36.5 Å². The summed E-state index contributed by atoms with van der Waals surface area (Å²) < 4.78 is 0. The predicted molar refractivity (Wildman–Crippen MR) is 71.4 cm³/mol. The zero-order chi connectivity index (χ0) is 11.1. The predicted octanol–water partition coefficient (Wildman–Crippen LogP) is 2.42. The number of amides is 1. The molecule has 1 heterocycles. The van der Waals surface area contributed by atoms with E-state index in [0.717, 1.165) is 24.8 Å². The Hall–Kier alpha value is -0.580. The SMILES string of the molecule is CCCCC(CN)NC(=O)c1ccsc1.Cl. The van der Waals surface area contributed by atoms with Crippen LogP contribution in [0.15, 0.2) is 16.8 Å². The van der Waals surface area contributed by atoms with E-state index in [1.165, 1.54) is 11.3 Å². The van der Waals surface area contributed by atoms with Crippen LogP contribution < -0.4 is 11.1 Å². The summed E-state index contributed by atoms with van der Waals surface area (Å²) in [5, 5.41) is 6.70. The third kappa shape index (κ3) is 4.96. The lowest BCUT2D eigenvalue weighted by atomic mass is 10.1. The standard InChI is InChI=1S/C11H18N2OS.ClH/c1-2-3-4-10(7-12)13-11(14)9-5-6-15-8-9;/h5-6,8,10H,2-4,7,12H2,1H3,(H,13,14);1H. The fourth-order valence-electron chi connectivity index (χ4n) is 1.36. The van der Waals surface area contributed by atoms with Gasteiger partial charge in [-0.15, -0.1) is 12.4 Å². The fourth-order valence-corrected chi connectivity index (χ4v) is 2.00. The highest BCUT2D eigenvalue weighted by Gasteiger charge is 2.11. The maximum atomic E-state index is 11.7. The van der Waals surface area contributed by atoms with Crippen LogP contribution in [0.4, 0.5) is 0 Å². The van der Waals surface area contributed by atoms with E-state index in [2.05, 4.69) is 12.2 Å². The van der Waals surface area contributed by atoms with Gasteiger partial charge in [-0.2, -0.15) is 11.3 Å². The molecule has 0 aliphatic rings. The van der Waals surface area contributed by atoms with Crippen molar-refractivity contribution < 1.29 is 4.79 Å². The van der Waals surface area contributed by atoms with Gasteiger partial charge >= 0.3 is 0 Å². The molecule has 1 amide bonds. The Bertz CT molecular complexity index is 290. The summed E-state index contributed by atoms with van der Waals surface area (Å²) in [7, 11) is 0. The minimum absolute atomic E-state index is 0. The number of carbonyl (C=O) groups excluding carboxylic acids is 1. The Labute approximate surface area is 107 Å². The number of halogens is 1. The Morgan fingerprint density at radius 1 is 1.62 bits per heavy atom. The van der Waals surface area contributed by atoms with E-state index in [0.29, 0.717) is 6.54 Å². The van der Waals surface area contributed by atoms with E-state index >= 15 is 0 Å². The molecule has 1 aromatic heterocycles. The van der Waals surface area contributed by atoms with Crippen LogP contribution in [0.5, 0.6) is 0 Å². The lowest BCUT2D eigenvalue weighted by Crippen LogP contribution is -2.39. The zero-order valence-corrected chi connectivity index (χ0v) is 11.1. The number of hydrogen-bond donors (Lipinski definition) is 2. The third-order valence-corrected chi connectivity index (χ3v) is 2.99. The summed E-state index contributed by atoms with van der Waals surface area (Å²) in [6, 6.07) is 1.94. The molecule has 0 saturated heterocycles. The fraction of sp³-hybridized carbons (Fsp3) is 0.545. The highest BCUT2D eigenvalue weighted by atomic mass is 35.5. The summed E-state index contributed by atoms with van der Waals surface area (Å²) in [6.07, 6.45) is 3.19. The number of nitrogens with two attached hydrogens (primary N) is 1. The van der Waals surface area contributed by atoms with Crippen molar-refractivity contribution in [2.45, 2.75) is 32.2 Å². The first-order chi connectivity index (χ1) is 7.27. The minimum Gasteiger partial charge on any atom is -0.348 e. The Balaban J connectivity index is 0.00000225. The van der Waals surface area contributed by atoms with Crippen LogP contribution in [-0.4, -0.2) is 18.5 Å². The topological polar surface area (TPSA) is 55.1 Å². The van der Waals surface area contributed by atoms with Gasteiger partial charge in [-0.1, -0.05) is 19.8 Å². The molecular weight excluding hydrogens is 244 g/mol. The molecule has 0 saturated carbocycles. The van der Waals surface area contributed by atoms with E-state index in [1.54, 1.807) is 0 Å². The summed E-state index contributed by atoms with van der Waals surface area (Å²) in [6.45, 7) is 2.64. The van der Waals surface area contributed by atoms with Gasteiger partial charge in [0.2, 0.25) is 0 Å². The molecule has 3 nitrogen and oxygen atoms in total. The molecular formula is C11H19ClN2OS. The first-order valence-corrected chi connectivity index (χ1v) is 6.25. The molecule has 0 radical (unpaired) electrons. The van der Waals surface area contributed by atoms with Gasteiger partial charge < -0.3 is 11.1 Å². The molecule has 0 aromatic carbocycles. The molecule has 92 valence electrons. The van der Waals surface area contributed by atoms with E-state index in [-0.39, 0.29) is 24.4 Å². The Morgan fingerprint density at radius 3 is 2.88 bits per heavy atom. The zero-order valence-electron chi connectivity index (χ0n) is 9.44. The molecule has 1 atom stereocenters. The molecule has 0 bridgehead atoms. The van der Waals surface area contributed by atoms with Crippen molar-refractivity contribution in [1.82, 2.24) is 5.32 Å². The molecule has 1 unspecified atom stereocenters. The van der Waals surface area contributed by atoms with E-state index in [4.69, 9.17) is 5.73 Å². The second-order valence-corrected chi connectivity index (χ2v) is 4.34.